The Balaban J connectivity index is 1.41. The van der Waals surface area contributed by atoms with E-state index < -0.39 is 17.3 Å². The number of benzene rings is 1. The number of carbonyl (C=O) groups excluding carboxylic acids is 1. The lowest BCUT2D eigenvalue weighted by atomic mass is 10.2. The summed E-state index contributed by atoms with van der Waals surface area (Å²) in [6.45, 7) is 0. The average molecular weight is 363 g/mol. The van der Waals surface area contributed by atoms with Gasteiger partial charge in [-0.15, -0.1) is 0 Å². The molecule has 0 radical (unpaired) electrons. The minimum absolute atomic E-state index is 0.0244. The second kappa shape index (κ2) is 5.84. The van der Waals surface area contributed by atoms with E-state index in [9.17, 15) is 9.59 Å². The van der Waals surface area contributed by atoms with E-state index >= 15 is 0 Å². The van der Waals surface area contributed by atoms with Crippen LogP contribution in [0.1, 0.15) is 36.0 Å². The van der Waals surface area contributed by atoms with Crippen LogP contribution in [-0.2, 0) is 0 Å². The molecule has 0 saturated heterocycles. The molecule has 1 saturated carbocycles. The Morgan fingerprint density at radius 2 is 1.93 bits per heavy atom. The monoisotopic (exact) mass is 363 g/mol. The van der Waals surface area contributed by atoms with Crippen LogP contribution in [0.2, 0.25) is 0 Å². The van der Waals surface area contributed by atoms with Crippen molar-refractivity contribution in [2.75, 3.05) is 5.32 Å². The van der Waals surface area contributed by atoms with E-state index in [1.54, 1.807) is 42.6 Å². The van der Waals surface area contributed by atoms with Gasteiger partial charge in [0.05, 0.1) is 0 Å². The molecular formula is C20H17N3O4. The van der Waals surface area contributed by atoms with Crippen LogP contribution in [0, 0.1) is 0 Å². The molecule has 1 N–H and O–H groups in total. The number of carbonyl (C=O) groups is 1. The van der Waals surface area contributed by atoms with Crippen LogP contribution in [0.3, 0.4) is 0 Å². The van der Waals surface area contributed by atoms with Gasteiger partial charge in [0.2, 0.25) is 0 Å². The summed E-state index contributed by atoms with van der Waals surface area (Å²) in [6.07, 6.45) is 6.77. The van der Waals surface area contributed by atoms with E-state index in [0.29, 0.717) is 22.8 Å². The Hall–Kier alpha value is -3.35. The van der Waals surface area contributed by atoms with Gasteiger partial charge >= 0.3 is 0 Å². The maximum Gasteiger partial charge on any atom is 0.270 e. The Bertz CT molecular complexity index is 1120. The molecule has 3 heterocycles. The summed E-state index contributed by atoms with van der Waals surface area (Å²) in [5.74, 6) is 0.233. The summed E-state index contributed by atoms with van der Waals surface area (Å²) in [7, 11) is 0. The predicted octanol–water partition coefficient (Wildman–Crippen LogP) is 2.99. The fraction of sp³-hybridized carbons (Fsp3) is 0.250. The number of ether oxygens (including phenoxy) is 2. The van der Waals surface area contributed by atoms with Crippen molar-refractivity contribution in [1.29, 1.82) is 0 Å². The molecule has 2 aliphatic rings. The Kier molecular flexibility index (Phi) is 3.43. The number of amides is 1. The highest BCUT2D eigenvalue weighted by Gasteiger charge is 2.44. The number of nitrogens with one attached hydrogen (secondary N) is 1. The highest BCUT2D eigenvalue weighted by Crippen LogP contribution is 2.47. The van der Waals surface area contributed by atoms with Crippen molar-refractivity contribution in [3.05, 3.63) is 64.7 Å². The minimum atomic E-state index is -0.550. The van der Waals surface area contributed by atoms with Gasteiger partial charge in [-0.25, -0.2) is 4.98 Å². The molecule has 136 valence electrons. The van der Waals surface area contributed by atoms with Gasteiger partial charge in [0.15, 0.2) is 11.5 Å². The first-order valence-electron chi connectivity index (χ1n) is 8.93. The lowest BCUT2D eigenvalue weighted by Crippen LogP contribution is -2.34. The average Bonchev–Trinajstić information content (AvgIpc) is 3.27. The van der Waals surface area contributed by atoms with E-state index in [-0.39, 0.29) is 5.56 Å². The summed E-state index contributed by atoms with van der Waals surface area (Å²) in [5, 5.41) is 2.74. The fourth-order valence-corrected chi connectivity index (χ4v) is 3.67. The van der Waals surface area contributed by atoms with Crippen LogP contribution >= 0.6 is 0 Å². The lowest BCUT2D eigenvalue weighted by molar-refractivity contribution is -0.0716. The maximum atomic E-state index is 12.6. The van der Waals surface area contributed by atoms with Gasteiger partial charge in [-0.3, -0.25) is 14.0 Å². The van der Waals surface area contributed by atoms with Crippen LogP contribution < -0.4 is 20.3 Å². The van der Waals surface area contributed by atoms with Crippen molar-refractivity contribution in [2.45, 2.75) is 31.5 Å². The number of anilines is 1. The summed E-state index contributed by atoms with van der Waals surface area (Å²) in [4.78, 5) is 29.3. The number of aromatic nitrogens is 2. The molecule has 7 heteroatoms. The second-order valence-electron chi connectivity index (χ2n) is 6.84. The maximum absolute atomic E-state index is 12.6. The molecule has 27 heavy (non-hydrogen) atoms. The zero-order chi connectivity index (χ0) is 18.4. The number of pyridine rings is 1. The van der Waals surface area contributed by atoms with Crippen molar-refractivity contribution in [1.82, 2.24) is 9.38 Å². The van der Waals surface area contributed by atoms with Gasteiger partial charge < -0.3 is 14.8 Å². The molecule has 2 aromatic heterocycles. The van der Waals surface area contributed by atoms with Crippen LogP contribution in [-0.4, -0.2) is 21.1 Å². The summed E-state index contributed by atoms with van der Waals surface area (Å²) < 4.78 is 13.3. The Morgan fingerprint density at radius 1 is 1.11 bits per heavy atom. The highest BCUT2D eigenvalue weighted by molar-refractivity contribution is 6.04. The van der Waals surface area contributed by atoms with E-state index in [4.69, 9.17) is 9.47 Å². The van der Waals surface area contributed by atoms with Gasteiger partial charge in [0.1, 0.15) is 11.2 Å². The lowest BCUT2D eigenvalue weighted by Gasteiger charge is -2.21. The number of hydrogen-bond donors (Lipinski definition) is 1. The summed E-state index contributed by atoms with van der Waals surface area (Å²) in [6, 6.07) is 10.5. The predicted molar refractivity (Wildman–Crippen MR) is 98.3 cm³/mol. The number of nitrogens with zero attached hydrogens (tertiary/aromatic N) is 2. The molecule has 1 aliphatic carbocycles. The Morgan fingerprint density at radius 3 is 2.78 bits per heavy atom. The SMILES string of the molecule is O=C(Nc1ccc2c(c1)OC1(CCCC1)O2)c1cnc2ccccn2c1=O. The number of fused-ring (bicyclic) bond motifs is 2. The van der Waals surface area contributed by atoms with Crippen LogP contribution in [0.15, 0.2) is 53.6 Å². The van der Waals surface area contributed by atoms with Crippen LogP contribution in [0.5, 0.6) is 11.5 Å². The normalized spacial score (nSPS) is 16.7. The third kappa shape index (κ3) is 2.63. The van der Waals surface area contributed by atoms with Crippen LogP contribution in [0.4, 0.5) is 5.69 Å². The van der Waals surface area contributed by atoms with Gasteiger partial charge in [-0.2, -0.15) is 0 Å². The van der Waals surface area contributed by atoms with E-state index in [1.807, 2.05) is 0 Å². The van der Waals surface area contributed by atoms with Gasteiger partial charge in [-0.05, 0) is 37.1 Å². The molecule has 0 unspecified atom stereocenters. The quantitative estimate of drug-likeness (QED) is 0.757. The third-order valence-corrected chi connectivity index (χ3v) is 5.02. The summed E-state index contributed by atoms with van der Waals surface area (Å²) in [5.41, 5.74) is 0.589. The zero-order valence-electron chi connectivity index (χ0n) is 14.5. The molecular weight excluding hydrogens is 346 g/mol. The molecule has 5 rings (SSSR count). The topological polar surface area (TPSA) is 81.9 Å². The number of rotatable bonds is 2. The highest BCUT2D eigenvalue weighted by atomic mass is 16.7. The smallest absolute Gasteiger partial charge is 0.270 e. The van der Waals surface area contributed by atoms with Crippen molar-refractivity contribution in [3.63, 3.8) is 0 Å². The fourth-order valence-electron chi connectivity index (χ4n) is 3.67. The first-order chi connectivity index (χ1) is 13.1. The van der Waals surface area contributed by atoms with Gasteiger partial charge in [0.25, 0.3) is 17.3 Å². The molecule has 1 aliphatic heterocycles. The summed E-state index contributed by atoms with van der Waals surface area (Å²) >= 11 is 0. The first-order valence-corrected chi connectivity index (χ1v) is 8.93. The first kappa shape index (κ1) is 15.9. The van der Waals surface area contributed by atoms with Gasteiger partial charge in [0, 0.05) is 37.0 Å². The van der Waals surface area contributed by atoms with Gasteiger partial charge in [-0.1, -0.05) is 6.07 Å². The van der Waals surface area contributed by atoms with E-state index in [2.05, 4.69) is 10.3 Å². The molecule has 1 fully saturated rings. The minimum Gasteiger partial charge on any atom is -0.448 e. The van der Waals surface area contributed by atoms with Crippen molar-refractivity contribution < 1.29 is 14.3 Å². The second-order valence-corrected chi connectivity index (χ2v) is 6.84. The standard InChI is InChI=1S/C20H17N3O4/c24-18(14-12-21-17-5-1-4-10-23(17)19(14)25)22-13-6-7-15-16(11-13)27-20(26-15)8-2-3-9-20/h1,4-7,10-12H,2-3,8-9H2,(H,22,24). The molecule has 7 nitrogen and oxygen atoms in total. The molecule has 1 spiro atoms. The van der Waals surface area contributed by atoms with E-state index in [1.165, 1.54) is 10.6 Å². The molecule has 0 bridgehead atoms. The molecule has 1 aromatic carbocycles. The zero-order valence-corrected chi connectivity index (χ0v) is 14.5. The molecule has 0 atom stereocenters. The third-order valence-electron chi connectivity index (χ3n) is 5.02. The molecule has 3 aromatic rings. The molecule has 1 amide bonds. The largest absolute Gasteiger partial charge is 0.448 e. The number of hydrogen-bond acceptors (Lipinski definition) is 5. The van der Waals surface area contributed by atoms with E-state index in [0.717, 1.165) is 25.7 Å². The van der Waals surface area contributed by atoms with Crippen molar-refractivity contribution >= 4 is 17.2 Å². The Labute approximate surface area is 154 Å². The van der Waals surface area contributed by atoms with Crippen LogP contribution in [0.25, 0.3) is 5.65 Å². The van der Waals surface area contributed by atoms with Crippen molar-refractivity contribution in [2.24, 2.45) is 0 Å². The van der Waals surface area contributed by atoms with Crippen molar-refractivity contribution in [3.8, 4) is 11.5 Å².